The van der Waals surface area contributed by atoms with Crippen molar-refractivity contribution < 1.29 is 0 Å². The summed E-state index contributed by atoms with van der Waals surface area (Å²) in [5.41, 5.74) is 4.53. The topological polar surface area (TPSA) is 79.5 Å². The van der Waals surface area contributed by atoms with Gasteiger partial charge in [0.1, 0.15) is 0 Å². The van der Waals surface area contributed by atoms with E-state index in [9.17, 15) is 0 Å². The summed E-state index contributed by atoms with van der Waals surface area (Å²) in [4.78, 5) is 1.68. The highest BCUT2D eigenvalue weighted by molar-refractivity contribution is 5.65. The Bertz CT molecular complexity index is 669. The van der Waals surface area contributed by atoms with Crippen molar-refractivity contribution in [3.8, 4) is 23.5 Å². The standard InChI is InChI=1S/C13H9N5/c14-5-9-1-3-10(4-2-9)13-11-6-18(8-15)7-12(11)16-17-13/h1-4H,6-7H2,(H,16,17). The Morgan fingerprint density at radius 1 is 1.17 bits per heavy atom. The van der Waals surface area contributed by atoms with E-state index in [0.717, 1.165) is 22.5 Å². The van der Waals surface area contributed by atoms with Crippen LogP contribution in [0.2, 0.25) is 0 Å². The average molecular weight is 235 g/mol. The Hall–Kier alpha value is -2.79. The molecule has 1 aromatic heterocycles. The molecular weight excluding hydrogens is 226 g/mol. The molecule has 0 unspecified atom stereocenters. The van der Waals surface area contributed by atoms with Crippen LogP contribution in [0, 0.1) is 22.8 Å². The van der Waals surface area contributed by atoms with Crippen LogP contribution < -0.4 is 0 Å². The first-order valence-corrected chi connectivity index (χ1v) is 5.53. The van der Waals surface area contributed by atoms with Crippen LogP contribution in [0.4, 0.5) is 0 Å². The molecule has 0 spiro atoms. The molecule has 1 aliphatic heterocycles. The number of nitrogens with one attached hydrogen (secondary N) is 1. The molecule has 3 rings (SSSR count). The summed E-state index contributed by atoms with van der Waals surface area (Å²) in [6.07, 6.45) is 2.14. The zero-order valence-corrected chi connectivity index (χ0v) is 9.51. The Kier molecular flexibility index (Phi) is 2.25. The average Bonchev–Trinajstić information content (AvgIpc) is 2.98. The molecule has 5 nitrogen and oxygen atoms in total. The van der Waals surface area contributed by atoms with Crippen LogP contribution in [-0.4, -0.2) is 15.1 Å². The third-order valence-electron chi connectivity index (χ3n) is 3.08. The van der Waals surface area contributed by atoms with Crippen molar-refractivity contribution in [1.82, 2.24) is 15.1 Å². The Balaban J connectivity index is 2.00. The number of hydrogen-bond donors (Lipinski definition) is 1. The lowest BCUT2D eigenvalue weighted by atomic mass is 10.1. The highest BCUT2D eigenvalue weighted by Gasteiger charge is 2.24. The van der Waals surface area contributed by atoms with Crippen LogP contribution in [0.15, 0.2) is 24.3 Å². The third kappa shape index (κ3) is 1.50. The molecule has 1 N–H and O–H groups in total. The van der Waals surface area contributed by atoms with Crippen molar-refractivity contribution >= 4 is 0 Å². The molecule has 86 valence electrons. The molecule has 0 amide bonds. The minimum atomic E-state index is 0.592. The second-order valence-corrected chi connectivity index (χ2v) is 4.17. The highest BCUT2D eigenvalue weighted by Crippen LogP contribution is 2.30. The van der Waals surface area contributed by atoms with Gasteiger partial charge < -0.3 is 4.90 Å². The van der Waals surface area contributed by atoms with Gasteiger partial charge in [0.15, 0.2) is 6.19 Å². The molecular formula is C13H9N5. The van der Waals surface area contributed by atoms with Crippen molar-refractivity contribution in [3.05, 3.63) is 41.1 Å². The molecule has 0 aliphatic carbocycles. The molecule has 0 atom stereocenters. The largest absolute Gasteiger partial charge is 0.300 e. The summed E-state index contributed by atoms with van der Waals surface area (Å²) in [5, 5.41) is 24.9. The molecule has 0 bridgehead atoms. The van der Waals surface area contributed by atoms with Gasteiger partial charge in [-0.1, -0.05) is 12.1 Å². The first kappa shape index (κ1) is 10.4. The van der Waals surface area contributed by atoms with E-state index in [1.807, 2.05) is 12.1 Å². The lowest BCUT2D eigenvalue weighted by molar-refractivity contribution is 0.412. The van der Waals surface area contributed by atoms with E-state index < -0.39 is 0 Å². The summed E-state index contributed by atoms with van der Waals surface area (Å²) in [5.74, 6) is 0. The lowest BCUT2D eigenvalue weighted by Gasteiger charge is -2.05. The van der Waals surface area contributed by atoms with Crippen LogP contribution in [0.5, 0.6) is 0 Å². The van der Waals surface area contributed by atoms with E-state index in [2.05, 4.69) is 22.5 Å². The van der Waals surface area contributed by atoms with E-state index in [1.165, 1.54) is 0 Å². The fourth-order valence-corrected chi connectivity index (χ4v) is 2.15. The number of fused-ring (bicyclic) bond motifs is 1. The van der Waals surface area contributed by atoms with Gasteiger partial charge in [-0.25, -0.2) is 0 Å². The molecule has 1 aromatic carbocycles. The second-order valence-electron chi connectivity index (χ2n) is 4.17. The van der Waals surface area contributed by atoms with Gasteiger partial charge in [0.05, 0.1) is 36.1 Å². The first-order chi connectivity index (χ1) is 8.81. The molecule has 2 heterocycles. The number of benzene rings is 1. The maximum atomic E-state index is 8.89. The summed E-state index contributed by atoms with van der Waals surface area (Å²) >= 11 is 0. The van der Waals surface area contributed by atoms with Crippen molar-refractivity contribution in [2.45, 2.75) is 13.1 Å². The second kappa shape index (κ2) is 3.90. The molecule has 0 saturated carbocycles. The number of hydrogen-bond acceptors (Lipinski definition) is 4. The lowest BCUT2D eigenvalue weighted by Crippen LogP contribution is -2.08. The van der Waals surface area contributed by atoms with E-state index >= 15 is 0 Å². The van der Waals surface area contributed by atoms with E-state index in [-0.39, 0.29) is 0 Å². The van der Waals surface area contributed by atoms with Gasteiger partial charge in [-0.3, -0.25) is 5.10 Å². The maximum absolute atomic E-state index is 8.89. The van der Waals surface area contributed by atoms with Crippen LogP contribution >= 0.6 is 0 Å². The van der Waals surface area contributed by atoms with Gasteiger partial charge in [0, 0.05) is 11.1 Å². The maximum Gasteiger partial charge on any atom is 0.180 e. The minimum absolute atomic E-state index is 0.592. The van der Waals surface area contributed by atoms with E-state index in [4.69, 9.17) is 10.5 Å². The van der Waals surface area contributed by atoms with Gasteiger partial charge in [-0.15, -0.1) is 0 Å². The zero-order valence-electron chi connectivity index (χ0n) is 9.51. The Morgan fingerprint density at radius 3 is 2.61 bits per heavy atom. The highest BCUT2D eigenvalue weighted by atomic mass is 15.2. The van der Waals surface area contributed by atoms with Crippen molar-refractivity contribution in [2.24, 2.45) is 0 Å². The third-order valence-corrected chi connectivity index (χ3v) is 3.08. The quantitative estimate of drug-likeness (QED) is 0.763. The number of H-pyrrole nitrogens is 1. The number of aromatic amines is 1. The van der Waals surface area contributed by atoms with Crippen LogP contribution in [0.25, 0.3) is 11.3 Å². The van der Waals surface area contributed by atoms with Gasteiger partial charge in [0.2, 0.25) is 0 Å². The normalized spacial score (nSPS) is 12.9. The van der Waals surface area contributed by atoms with Crippen molar-refractivity contribution in [1.29, 1.82) is 10.5 Å². The van der Waals surface area contributed by atoms with Crippen LogP contribution in [0.3, 0.4) is 0 Å². The van der Waals surface area contributed by atoms with Gasteiger partial charge in [0.25, 0.3) is 0 Å². The summed E-state index contributed by atoms with van der Waals surface area (Å²) < 4.78 is 0. The summed E-state index contributed by atoms with van der Waals surface area (Å²) in [7, 11) is 0. The van der Waals surface area contributed by atoms with Crippen molar-refractivity contribution in [3.63, 3.8) is 0 Å². The molecule has 18 heavy (non-hydrogen) atoms. The van der Waals surface area contributed by atoms with Crippen LogP contribution in [0.1, 0.15) is 16.8 Å². The van der Waals surface area contributed by atoms with Gasteiger partial charge in [-0.05, 0) is 12.1 Å². The molecule has 0 radical (unpaired) electrons. The van der Waals surface area contributed by atoms with E-state index in [0.29, 0.717) is 18.7 Å². The summed E-state index contributed by atoms with van der Waals surface area (Å²) in [6.45, 7) is 1.19. The predicted molar refractivity (Wildman–Crippen MR) is 63.6 cm³/mol. The molecule has 0 saturated heterocycles. The number of nitrogens with zero attached hydrogens (tertiary/aromatic N) is 4. The predicted octanol–water partition coefficient (Wildman–Crippen LogP) is 1.75. The number of aromatic nitrogens is 2. The molecule has 2 aromatic rings. The monoisotopic (exact) mass is 235 g/mol. The Labute approximate surface area is 104 Å². The number of rotatable bonds is 1. The zero-order chi connectivity index (χ0) is 12.5. The van der Waals surface area contributed by atoms with Gasteiger partial charge in [-0.2, -0.15) is 15.6 Å². The van der Waals surface area contributed by atoms with Crippen LogP contribution in [-0.2, 0) is 13.1 Å². The summed E-state index contributed by atoms with van der Waals surface area (Å²) in [6, 6.07) is 9.39. The SMILES string of the molecule is N#Cc1ccc(-c2n[nH]c3c2CN(C#N)C3)cc1. The molecule has 5 heteroatoms. The fraction of sp³-hybridized carbons (Fsp3) is 0.154. The molecule has 0 fully saturated rings. The smallest absolute Gasteiger partial charge is 0.180 e. The van der Waals surface area contributed by atoms with Crippen molar-refractivity contribution in [2.75, 3.05) is 0 Å². The first-order valence-electron chi connectivity index (χ1n) is 5.53. The fourth-order valence-electron chi connectivity index (χ4n) is 2.15. The van der Waals surface area contributed by atoms with Gasteiger partial charge >= 0.3 is 0 Å². The van der Waals surface area contributed by atoms with E-state index in [1.54, 1.807) is 17.0 Å². The number of nitriles is 2. The molecule has 1 aliphatic rings. The Morgan fingerprint density at radius 2 is 1.94 bits per heavy atom. The minimum Gasteiger partial charge on any atom is -0.300 e.